The molecule has 0 aromatic carbocycles. The Morgan fingerprint density at radius 1 is 0.366 bits per heavy atom. The maximum absolute atomic E-state index is 15.0. The summed E-state index contributed by atoms with van der Waals surface area (Å²) in [5.41, 5.74) is 35.6. The largest absolute Gasteiger partial charge is 0.386 e. The zero-order valence-corrected chi connectivity index (χ0v) is 77.7. The number of nitrogen functional groups attached to an aromatic ring is 6. The summed E-state index contributed by atoms with van der Waals surface area (Å²) in [5, 5.41) is 0. The predicted octanol–water partition coefficient (Wildman–Crippen LogP) is 1.70. The number of nitrogens with two attached hydrogens (primary N) is 6. The lowest BCUT2D eigenvalue weighted by atomic mass is 10.1. The molecule has 24 atom stereocenters. The fraction of sp³-hybridized carbons (Fsp3) is 0.516. The molecule has 704 valence electrons. The van der Waals surface area contributed by atoms with E-state index in [-0.39, 0.29) is 135 Å². The monoisotopic (exact) mass is 2050 g/mol. The van der Waals surface area contributed by atoms with Crippen LogP contribution in [0.15, 0.2) is 71.3 Å². The average Bonchev–Trinajstić information content (AvgIpc) is 1.58. The van der Waals surface area contributed by atoms with Crippen LogP contribution in [0.25, 0.3) is 67.0 Å². The number of aromatic nitrogens is 24. The van der Waals surface area contributed by atoms with Gasteiger partial charge in [-0.2, -0.15) is 15.0 Å². The van der Waals surface area contributed by atoms with Crippen LogP contribution < -0.4 is 51.1 Å². The number of nitrogens with one attached hydrogen (secondary N) is 3. The number of hydrogen-bond donors (Lipinski definition) is 15. The molecule has 0 radical (unpaired) electrons. The van der Waals surface area contributed by atoms with Crippen LogP contribution >= 0.6 is 52.6 Å². The van der Waals surface area contributed by atoms with E-state index in [0.717, 1.165) is 0 Å². The van der Waals surface area contributed by atoms with Gasteiger partial charge in [-0.25, -0.2) is 64.4 Å². The average molecular weight is 2050 g/mol. The van der Waals surface area contributed by atoms with Gasteiger partial charge in [-0.15, -0.1) is 0 Å². The molecule has 0 aliphatic carbocycles. The molecule has 0 bridgehead atoms. The minimum atomic E-state index is -4.73. The smallest absolute Gasteiger partial charge is 0.382 e. The van der Waals surface area contributed by atoms with E-state index in [0.29, 0.717) is 12.1 Å². The molecule has 20 N–H and O–H groups in total. The second-order valence-corrected chi connectivity index (χ2v) is 46.9. The van der Waals surface area contributed by atoms with Crippen LogP contribution in [0.1, 0.15) is 89.2 Å². The lowest BCUT2D eigenvalue weighted by Crippen LogP contribution is -2.32. The molecule has 12 aromatic rings. The van der Waals surface area contributed by atoms with Gasteiger partial charge in [0.25, 0.3) is 16.7 Å². The Morgan fingerprint density at radius 2 is 0.603 bits per heavy atom. The zero-order valence-electron chi connectivity index (χ0n) is 67.3. The summed E-state index contributed by atoms with van der Waals surface area (Å²) in [6.45, 7) is -28.1. The van der Waals surface area contributed by atoms with Gasteiger partial charge < -0.3 is 133 Å². The van der Waals surface area contributed by atoms with E-state index < -0.39 is 201 Å². The van der Waals surface area contributed by atoms with E-state index in [2.05, 4.69) is 102 Å². The second-order valence-electron chi connectivity index (χ2n) is 30.0. The van der Waals surface area contributed by atoms with E-state index >= 15 is 0 Å². The van der Waals surface area contributed by atoms with Gasteiger partial charge in [-0.3, -0.25) is 65.8 Å². The Kier molecular flexibility index (Phi) is 26.6. The topological polar surface area (TPSA) is 762 Å². The molecule has 6 aliphatic heterocycles. The molecule has 0 saturated carbocycles. The summed E-state index contributed by atoms with van der Waals surface area (Å²) in [6, 6.07) is 0. The van der Waals surface area contributed by atoms with Crippen molar-refractivity contribution in [3.8, 4) is 0 Å². The Labute approximate surface area is 763 Å². The highest BCUT2D eigenvalue weighted by Crippen LogP contribution is 2.60. The van der Waals surface area contributed by atoms with E-state index in [1.165, 1.54) is 86.9 Å². The maximum atomic E-state index is 15.0. The van der Waals surface area contributed by atoms with E-state index in [4.69, 9.17) is 176 Å². The predicted molar refractivity (Wildman–Crippen MR) is 473 cm³/mol. The lowest BCUT2D eigenvalue weighted by Gasteiger charge is -2.28. The van der Waals surface area contributed by atoms with Crippen molar-refractivity contribution in [2.75, 3.05) is 74.5 Å². The Bertz CT molecular complexity index is 6880. The first-order valence-corrected chi connectivity index (χ1v) is 54.7. The van der Waals surface area contributed by atoms with Gasteiger partial charge in [-0.05, 0) is 65.5 Å². The molecule has 12 aromatic heterocycles. The molecule has 0 amide bonds. The van der Waals surface area contributed by atoms with Crippen LogP contribution in [0.2, 0.25) is 0 Å². The molecule has 6 fully saturated rings. The van der Waals surface area contributed by atoms with Crippen molar-refractivity contribution in [1.82, 2.24) is 117 Å². The van der Waals surface area contributed by atoms with Gasteiger partial charge in [0.05, 0.1) is 108 Å². The van der Waals surface area contributed by atoms with E-state index in [9.17, 15) is 43.4 Å². The Morgan fingerprint density at radius 3 is 0.878 bits per heavy atom. The fourth-order valence-electron chi connectivity index (χ4n) is 15.8. The summed E-state index contributed by atoms with van der Waals surface area (Å²) >= 11 is 32.4. The van der Waals surface area contributed by atoms with Crippen molar-refractivity contribution in [1.29, 1.82) is 0 Å². The molecule has 6 saturated heterocycles. The third-order valence-corrected chi connectivity index (χ3v) is 31.4. The highest BCUT2D eigenvalue weighted by molar-refractivity contribution is 8.44. The van der Waals surface area contributed by atoms with Gasteiger partial charge >= 0.3 is 40.4 Å². The van der Waals surface area contributed by atoms with Gasteiger partial charge in [0.2, 0.25) is 17.8 Å². The van der Waals surface area contributed by atoms with Crippen molar-refractivity contribution in [3.63, 3.8) is 0 Å². The summed E-state index contributed by atoms with van der Waals surface area (Å²) in [7, 11) is 1.17. The maximum Gasteiger partial charge on any atom is 0.386 e. The number of fused-ring (bicyclic) bond motifs is 6. The van der Waals surface area contributed by atoms with Crippen LogP contribution in [0.3, 0.4) is 0 Å². The molecule has 0 spiro atoms. The number of nitrogens with zero attached hydrogens (tertiary/aromatic N) is 21. The van der Waals surface area contributed by atoms with E-state index in [1.807, 2.05) is 6.92 Å². The van der Waals surface area contributed by atoms with Crippen molar-refractivity contribution in [2.24, 2.45) is 0 Å². The minimum absolute atomic E-state index is 0.000103. The van der Waals surface area contributed by atoms with Crippen LogP contribution in [-0.2, 0) is 146 Å². The third-order valence-electron chi connectivity index (χ3n) is 21.7. The number of hydrogen-bond acceptors (Lipinski definition) is 48. The normalized spacial score (nSPS) is 28.9. The van der Waals surface area contributed by atoms with Crippen molar-refractivity contribution >= 4 is 214 Å². The zero-order chi connectivity index (χ0) is 92.3. The molecule has 57 nitrogen and oxygen atoms in total. The fourth-order valence-corrected chi connectivity index (χ4v) is 24.2. The first-order valence-electron chi connectivity index (χ1n) is 39.0. The van der Waals surface area contributed by atoms with E-state index in [1.54, 1.807) is 4.57 Å². The molecule has 12 unspecified atom stereocenters. The molecule has 69 heteroatoms. The first kappa shape index (κ1) is 93.8. The number of aromatic amines is 3. The summed E-state index contributed by atoms with van der Waals surface area (Å²) in [5.74, 6) is -0.557. The minimum Gasteiger partial charge on any atom is -0.382 e. The van der Waals surface area contributed by atoms with Crippen LogP contribution in [0, 0.1) is 0 Å². The number of ether oxygens (including phenoxy) is 6. The summed E-state index contributed by atoms with van der Waals surface area (Å²) < 4.78 is 135. The van der Waals surface area contributed by atoms with Crippen molar-refractivity contribution in [3.05, 3.63) is 88.0 Å². The standard InChI is InChI=1S/C62H78N30O27P6S6/c1-3-24-25(4-39(108-24)90-21-78-45-54(90)81-60(66)84-57(45)93)115-121(97,127)103-13-34-29(8-40(112-34)91-22-79-46-55(91)82-61(67)85-58(46)94)118-124(100,130)105-12-33-28(7-38(111-33)89-20-77-44-50(65)71-17-74-53(44)89)117-123(99,129)107-14-35-30(9-41(113-35)92-23-80-47-56(92)83-62(68)86-59(47)95)119-125(101,131)106-11-32-27(6-37(110-32)88-19-76-43-49(64)70-16-73-52(43)88)116-122(98,128)104-10-31-26(114-120(96,126)102-2)5-36(109-31)87-18-75-42-48(63)69-15-72-51(42)87/h15-41H,3-14H2,1-2H3,(H,96,126)(H,97,127)(H,98,128)(H,99,129)(H,100,130)(H,101,131)(H2,63,69,72)(H2,64,70,73)(H2,65,71,74)(H3,66,81,84,93)(H3,67,82,85,94)(H3,68,83,86,95)/t24-,25?,26?,27?,28?,29?,30?,31-,32-,33-,34-,35-,36-,37-,38-,39-,40-,41-,120?,121?,122?,123?,124?,125?/m1/s1. The van der Waals surface area contributed by atoms with Crippen molar-refractivity contribution < 1.29 is 112 Å². The molecular formula is C62H78N30O27P6S6. The number of rotatable bonds is 35. The number of H-pyrrole nitrogens is 3. The highest BCUT2D eigenvalue weighted by Gasteiger charge is 2.51. The Balaban J connectivity index is 0.571. The number of thiol groups is 1. The summed E-state index contributed by atoms with van der Waals surface area (Å²) in [6.07, 6.45) is -9.50. The molecule has 18 heterocycles. The third kappa shape index (κ3) is 20.1. The van der Waals surface area contributed by atoms with Gasteiger partial charge in [0, 0.05) is 45.6 Å². The molecular weight excluding hydrogens is 1980 g/mol. The van der Waals surface area contributed by atoms with Crippen LogP contribution in [0.5, 0.6) is 0 Å². The van der Waals surface area contributed by atoms with Crippen molar-refractivity contribution in [2.45, 2.75) is 162 Å². The SMILES string of the molecule is CC[C@H]1O[C@@H](n2cnc3c(=O)[nH]c(N)nc32)CC1OP(O)(=S)OC[C@H]1O[C@@H](n2cnc3c(=O)[nH]c(N)nc32)CC1OP(=O)(S)OC[C@H]1O[C@@H](n2cnc3c(N)ncnc32)CC1OP(O)(=S)OC[C@H]1O[C@@H](n2cnc3c(=O)[nH]c(N)nc32)CC1OP(O)(=S)OC[C@H]1O[C@@H](n2cnc3c(N)ncnc32)CC1OP(O)(=S)OC[C@H]1O[C@@H](n2cnc3c(N)ncnc32)CC1OP(O)(=S)OC. The summed E-state index contributed by atoms with van der Waals surface area (Å²) in [4.78, 5) is 169. The van der Waals surface area contributed by atoms with Gasteiger partial charge in [0.15, 0.2) is 67.9 Å². The highest BCUT2D eigenvalue weighted by atomic mass is 32.7. The second kappa shape index (κ2) is 37.1. The Hall–Kier alpha value is -7.59. The number of imidazole rings is 6. The van der Waals surface area contributed by atoms with Gasteiger partial charge in [-0.1, -0.05) is 19.2 Å². The van der Waals surface area contributed by atoms with Crippen LogP contribution in [0.4, 0.5) is 35.3 Å². The molecule has 6 aliphatic rings. The molecule has 18 rings (SSSR count). The van der Waals surface area contributed by atoms with Crippen LogP contribution in [-0.4, -0.2) is 255 Å². The first-order chi connectivity index (χ1) is 62.3. The number of anilines is 6. The van der Waals surface area contributed by atoms with Gasteiger partial charge in [0.1, 0.15) is 110 Å². The quantitative estimate of drug-likeness (QED) is 0.0198. The molecule has 131 heavy (non-hydrogen) atoms. The lowest BCUT2D eigenvalue weighted by molar-refractivity contribution is -0.0549.